The number of nitrogens with two attached hydrogens (primary N) is 1. The number of nitrogens with zero attached hydrogens (tertiary/aromatic N) is 1. The Morgan fingerprint density at radius 2 is 1.78 bits per heavy atom. The number of ether oxygens (including phenoxy) is 1. The Balaban J connectivity index is 2.23. The molecule has 0 saturated carbocycles. The molecule has 0 spiro atoms. The van der Waals surface area contributed by atoms with Crippen LogP contribution in [0.25, 0.3) is 11.3 Å². The van der Waals surface area contributed by atoms with Crippen LogP contribution in [0.4, 0.5) is 4.79 Å². The highest BCUT2D eigenvalue weighted by Crippen LogP contribution is 2.24. The zero-order valence-electron chi connectivity index (χ0n) is 13.4. The van der Waals surface area contributed by atoms with Crippen LogP contribution in [0.1, 0.15) is 20.8 Å². The largest absolute Gasteiger partial charge is 0.436 e. The van der Waals surface area contributed by atoms with Crippen molar-refractivity contribution in [2.75, 3.05) is 5.43 Å². The number of rotatable bonds is 4. The number of hydrogen-bond donors (Lipinski definition) is 2. The van der Waals surface area contributed by atoms with Crippen molar-refractivity contribution in [1.29, 1.82) is 0 Å². The molecule has 2 rings (SSSR count). The van der Waals surface area contributed by atoms with E-state index in [1.807, 2.05) is 42.5 Å². The molecule has 6 nitrogen and oxygen atoms in total. The fraction of sp³-hybridized carbons (Fsp3) is 0.294. The summed E-state index contributed by atoms with van der Waals surface area (Å²) >= 11 is 0. The van der Waals surface area contributed by atoms with Gasteiger partial charge in [-0.1, -0.05) is 51.1 Å². The van der Waals surface area contributed by atoms with Crippen molar-refractivity contribution < 1.29 is 14.3 Å². The number of aromatic nitrogens is 1. The fourth-order valence-corrected chi connectivity index (χ4v) is 2.24. The van der Waals surface area contributed by atoms with E-state index in [1.165, 1.54) is 0 Å². The molecule has 0 aliphatic carbocycles. The second-order valence-corrected chi connectivity index (χ2v) is 6.29. The topological polar surface area (TPSA) is 86.3 Å². The van der Waals surface area contributed by atoms with Gasteiger partial charge in [0.25, 0.3) is 5.91 Å². The average molecular weight is 315 g/mol. The monoisotopic (exact) mass is 315 g/mol. The molecule has 0 fully saturated rings. The number of primary amides is 1. The number of carbonyl (C=O) groups excluding carboxylic acids is 2. The quantitative estimate of drug-likeness (QED) is 0.909. The van der Waals surface area contributed by atoms with Gasteiger partial charge in [-0.15, -0.1) is 0 Å². The molecule has 23 heavy (non-hydrogen) atoms. The third-order valence-electron chi connectivity index (χ3n) is 3.31. The second kappa shape index (κ2) is 6.56. The van der Waals surface area contributed by atoms with Crippen molar-refractivity contribution in [3.05, 3.63) is 48.7 Å². The van der Waals surface area contributed by atoms with Gasteiger partial charge in [0.05, 0.1) is 5.69 Å². The molecule has 2 aromatic rings. The van der Waals surface area contributed by atoms with Crippen LogP contribution in [0.15, 0.2) is 48.7 Å². The molecule has 1 aromatic carbocycles. The summed E-state index contributed by atoms with van der Waals surface area (Å²) in [6.07, 6.45) is -0.244. The minimum absolute atomic E-state index is 0.440. The smallest absolute Gasteiger partial charge is 0.405 e. The third kappa shape index (κ3) is 4.12. The fourth-order valence-electron chi connectivity index (χ4n) is 2.24. The first-order chi connectivity index (χ1) is 10.8. The van der Waals surface area contributed by atoms with Gasteiger partial charge in [-0.25, -0.2) is 4.79 Å². The zero-order valence-corrected chi connectivity index (χ0v) is 13.4. The van der Waals surface area contributed by atoms with Crippen molar-refractivity contribution in [2.45, 2.75) is 26.9 Å². The molecule has 0 saturated heterocycles. The van der Waals surface area contributed by atoms with Crippen LogP contribution in [-0.2, 0) is 9.53 Å². The predicted octanol–water partition coefficient (Wildman–Crippen LogP) is 2.74. The lowest BCUT2D eigenvalue weighted by Gasteiger charge is -2.28. The van der Waals surface area contributed by atoms with E-state index in [0.29, 0.717) is 0 Å². The Labute approximate surface area is 135 Å². The average Bonchev–Trinajstić information content (AvgIpc) is 2.92. The second-order valence-electron chi connectivity index (χ2n) is 6.29. The van der Waals surface area contributed by atoms with Crippen LogP contribution in [0.3, 0.4) is 0 Å². The first-order valence-electron chi connectivity index (χ1n) is 7.29. The Bertz CT molecular complexity index is 687. The van der Waals surface area contributed by atoms with Crippen molar-refractivity contribution in [3.63, 3.8) is 0 Å². The first kappa shape index (κ1) is 16.6. The highest BCUT2D eigenvalue weighted by Gasteiger charge is 2.35. The SMILES string of the molecule is CC(C)(C)C(OC(N)=O)C(=O)Nn1cccc1-c1ccccc1. The molecule has 1 unspecified atom stereocenters. The van der Waals surface area contributed by atoms with E-state index < -0.39 is 23.5 Å². The summed E-state index contributed by atoms with van der Waals surface area (Å²) in [6.45, 7) is 5.40. The summed E-state index contributed by atoms with van der Waals surface area (Å²) in [6, 6.07) is 13.4. The lowest BCUT2D eigenvalue weighted by molar-refractivity contribution is -0.130. The van der Waals surface area contributed by atoms with Gasteiger partial charge < -0.3 is 10.5 Å². The van der Waals surface area contributed by atoms with Crippen LogP contribution >= 0.6 is 0 Å². The van der Waals surface area contributed by atoms with Gasteiger partial charge in [-0.05, 0) is 12.1 Å². The Kier molecular flexibility index (Phi) is 4.74. The summed E-state index contributed by atoms with van der Waals surface area (Å²) in [4.78, 5) is 23.6. The summed E-state index contributed by atoms with van der Waals surface area (Å²) in [7, 11) is 0. The highest BCUT2D eigenvalue weighted by atomic mass is 16.6. The van der Waals surface area contributed by atoms with Gasteiger partial charge in [0.1, 0.15) is 0 Å². The molecule has 0 bridgehead atoms. The van der Waals surface area contributed by atoms with Crippen molar-refractivity contribution in [3.8, 4) is 11.3 Å². The minimum atomic E-state index is -0.994. The molecule has 0 radical (unpaired) electrons. The predicted molar refractivity (Wildman–Crippen MR) is 88.1 cm³/mol. The van der Waals surface area contributed by atoms with Gasteiger partial charge in [0.2, 0.25) is 0 Å². The molecule has 122 valence electrons. The van der Waals surface area contributed by atoms with E-state index in [9.17, 15) is 9.59 Å². The molecule has 2 amide bonds. The maximum atomic E-state index is 12.5. The zero-order chi connectivity index (χ0) is 17.0. The minimum Gasteiger partial charge on any atom is -0.436 e. The Morgan fingerprint density at radius 1 is 1.13 bits per heavy atom. The van der Waals surface area contributed by atoms with Crippen LogP contribution < -0.4 is 11.2 Å². The number of nitrogens with one attached hydrogen (secondary N) is 1. The van der Waals surface area contributed by atoms with Gasteiger partial charge in [-0.2, -0.15) is 0 Å². The van der Waals surface area contributed by atoms with E-state index in [4.69, 9.17) is 10.5 Å². The molecule has 3 N–H and O–H groups in total. The summed E-state index contributed by atoms with van der Waals surface area (Å²) in [5, 5.41) is 0. The van der Waals surface area contributed by atoms with Crippen molar-refractivity contribution >= 4 is 12.0 Å². The standard InChI is InChI=1S/C17H21N3O3/c1-17(2,3)14(23-16(18)22)15(21)19-20-11-7-10-13(20)12-8-5-4-6-9-12/h4-11,14H,1-3H3,(H2,18,22)(H,19,21). The van der Waals surface area contributed by atoms with E-state index in [1.54, 1.807) is 31.6 Å². The lowest BCUT2D eigenvalue weighted by atomic mass is 9.88. The van der Waals surface area contributed by atoms with Gasteiger partial charge in [0.15, 0.2) is 6.10 Å². The molecular weight excluding hydrogens is 294 g/mol. The molecular formula is C17H21N3O3. The maximum Gasteiger partial charge on any atom is 0.405 e. The molecule has 1 heterocycles. The molecule has 0 aliphatic rings. The summed E-state index contributed by atoms with van der Waals surface area (Å²) in [5.41, 5.74) is 9.02. The number of hydrogen-bond acceptors (Lipinski definition) is 3. The van der Waals surface area contributed by atoms with Crippen LogP contribution in [0, 0.1) is 5.41 Å². The number of benzene rings is 1. The Hall–Kier alpha value is -2.76. The molecule has 0 aliphatic heterocycles. The summed E-state index contributed by atoms with van der Waals surface area (Å²) < 4.78 is 6.58. The van der Waals surface area contributed by atoms with E-state index in [2.05, 4.69) is 5.43 Å². The van der Waals surface area contributed by atoms with Gasteiger partial charge >= 0.3 is 6.09 Å². The maximum absolute atomic E-state index is 12.5. The van der Waals surface area contributed by atoms with Gasteiger partial charge in [0, 0.05) is 17.2 Å². The van der Waals surface area contributed by atoms with E-state index >= 15 is 0 Å². The number of carbonyl (C=O) groups is 2. The third-order valence-corrected chi connectivity index (χ3v) is 3.31. The van der Waals surface area contributed by atoms with Gasteiger partial charge in [-0.3, -0.25) is 14.9 Å². The van der Waals surface area contributed by atoms with Crippen molar-refractivity contribution in [2.24, 2.45) is 11.1 Å². The molecule has 1 atom stereocenters. The molecule has 6 heteroatoms. The summed E-state index contributed by atoms with van der Waals surface area (Å²) in [5.74, 6) is -0.440. The van der Waals surface area contributed by atoms with E-state index in [0.717, 1.165) is 11.3 Å². The Morgan fingerprint density at radius 3 is 2.35 bits per heavy atom. The van der Waals surface area contributed by atoms with Crippen LogP contribution in [0.2, 0.25) is 0 Å². The van der Waals surface area contributed by atoms with Crippen LogP contribution in [-0.4, -0.2) is 22.8 Å². The number of amides is 2. The highest BCUT2D eigenvalue weighted by molar-refractivity contribution is 5.90. The normalized spacial score (nSPS) is 12.5. The van der Waals surface area contributed by atoms with Crippen LogP contribution in [0.5, 0.6) is 0 Å². The van der Waals surface area contributed by atoms with E-state index in [-0.39, 0.29) is 0 Å². The first-order valence-corrected chi connectivity index (χ1v) is 7.29. The van der Waals surface area contributed by atoms with Crippen molar-refractivity contribution in [1.82, 2.24) is 4.68 Å². The molecule has 1 aromatic heterocycles. The lowest BCUT2D eigenvalue weighted by Crippen LogP contribution is -2.45.